The molecule has 0 aliphatic carbocycles. The average Bonchev–Trinajstić information content (AvgIpc) is 3.44. The lowest BCUT2D eigenvalue weighted by Gasteiger charge is -2.21. The van der Waals surface area contributed by atoms with Gasteiger partial charge < -0.3 is 10.2 Å². The third kappa shape index (κ3) is 3.64. The van der Waals surface area contributed by atoms with Gasteiger partial charge in [0, 0.05) is 18.7 Å². The van der Waals surface area contributed by atoms with Gasteiger partial charge in [-0.15, -0.1) is 0 Å². The zero-order chi connectivity index (χ0) is 22.1. The second-order valence-electron chi connectivity index (χ2n) is 8.11. The maximum absolute atomic E-state index is 13.0. The summed E-state index contributed by atoms with van der Waals surface area (Å²) in [5, 5.41) is 2.98. The number of anilines is 2. The topological polar surface area (TPSA) is 69.7 Å². The van der Waals surface area contributed by atoms with E-state index in [1.54, 1.807) is 12.1 Å². The Hall–Kier alpha value is -3.93. The minimum atomic E-state index is -0.374. The molecule has 3 amide bonds. The Morgan fingerprint density at radius 1 is 0.812 bits per heavy atom. The second kappa shape index (κ2) is 8.30. The number of nitrogens with one attached hydrogen (secondary N) is 1. The fourth-order valence-corrected chi connectivity index (χ4v) is 4.35. The first-order chi connectivity index (χ1) is 15.6. The third-order valence-corrected chi connectivity index (χ3v) is 6.02. The minimum absolute atomic E-state index is 0.206. The van der Waals surface area contributed by atoms with Gasteiger partial charge in [0.25, 0.3) is 17.7 Å². The van der Waals surface area contributed by atoms with E-state index in [1.165, 1.54) is 11.0 Å². The molecule has 3 aromatic rings. The summed E-state index contributed by atoms with van der Waals surface area (Å²) in [6, 6.07) is 21.8. The van der Waals surface area contributed by atoms with E-state index in [2.05, 4.69) is 10.2 Å². The lowest BCUT2D eigenvalue weighted by Crippen LogP contribution is -2.29. The first kappa shape index (κ1) is 20.0. The molecule has 160 valence electrons. The average molecular weight is 425 g/mol. The highest BCUT2D eigenvalue weighted by atomic mass is 16.2. The van der Waals surface area contributed by atoms with E-state index in [-0.39, 0.29) is 29.8 Å². The van der Waals surface area contributed by atoms with E-state index >= 15 is 0 Å². The molecular formula is C26H23N3O3. The van der Waals surface area contributed by atoms with Gasteiger partial charge in [0.2, 0.25) is 0 Å². The van der Waals surface area contributed by atoms with Crippen LogP contribution in [0.4, 0.5) is 11.4 Å². The van der Waals surface area contributed by atoms with Crippen LogP contribution in [0.3, 0.4) is 0 Å². The van der Waals surface area contributed by atoms with Gasteiger partial charge in [-0.3, -0.25) is 19.3 Å². The fraction of sp³-hybridized carbons (Fsp3) is 0.192. The molecule has 1 N–H and O–H groups in total. The molecule has 5 rings (SSSR count). The van der Waals surface area contributed by atoms with E-state index in [0.29, 0.717) is 11.1 Å². The zero-order valence-corrected chi connectivity index (χ0v) is 17.6. The third-order valence-electron chi connectivity index (χ3n) is 6.02. The molecule has 0 unspecified atom stereocenters. The Balaban J connectivity index is 1.37. The quantitative estimate of drug-likeness (QED) is 0.618. The summed E-state index contributed by atoms with van der Waals surface area (Å²) in [6.45, 7) is 2.15. The van der Waals surface area contributed by atoms with Crippen LogP contribution >= 0.6 is 0 Å². The Kier molecular flexibility index (Phi) is 5.19. The number of hydrogen-bond donors (Lipinski definition) is 1. The van der Waals surface area contributed by atoms with E-state index in [1.807, 2.05) is 54.6 Å². The lowest BCUT2D eigenvalue weighted by molar-refractivity contribution is 0.0642. The number of nitrogens with zero attached hydrogens (tertiary/aromatic N) is 2. The van der Waals surface area contributed by atoms with Crippen molar-refractivity contribution in [3.05, 3.63) is 95.1 Å². The summed E-state index contributed by atoms with van der Waals surface area (Å²) in [6.07, 6.45) is 2.28. The molecule has 0 bridgehead atoms. The number of amides is 3. The van der Waals surface area contributed by atoms with Crippen LogP contribution in [0.1, 0.15) is 49.5 Å². The summed E-state index contributed by atoms with van der Waals surface area (Å²) >= 11 is 0. The monoisotopic (exact) mass is 425 g/mol. The van der Waals surface area contributed by atoms with Gasteiger partial charge in [0.15, 0.2) is 0 Å². The van der Waals surface area contributed by atoms with E-state index in [0.717, 1.165) is 42.9 Å². The molecule has 0 aromatic heterocycles. The highest BCUT2D eigenvalue weighted by molar-refractivity contribution is 6.22. The number of rotatable bonds is 5. The highest BCUT2D eigenvalue weighted by Crippen LogP contribution is 2.30. The second-order valence-corrected chi connectivity index (χ2v) is 8.11. The molecule has 1 fully saturated rings. The molecule has 32 heavy (non-hydrogen) atoms. The van der Waals surface area contributed by atoms with Crippen molar-refractivity contribution in [1.82, 2.24) is 4.90 Å². The number of carbonyl (C=O) groups is 3. The van der Waals surface area contributed by atoms with Crippen molar-refractivity contribution in [3.8, 4) is 0 Å². The number of fused-ring (bicyclic) bond motifs is 1. The summed E-state index contributed by atoms with van der Waals surface area (Å²) in [5.74, 6) is -1.01. The maximum atomic E-state index is 13.0. The highest BCUT2D eigenvalue weighted by Gasteiger charge is 2.36. The predicted octanol–water partition coefficient (Wildman–Crippen LogP) is 4.34. The minimum Gasteiger partial charge on any atom is -0.370 e. The Morgan fingerprint density at radius 2 is 1.50 bits per heavy atom. The number of hydrogen-bond acceptors (Lipinski definition) is 4. The largest absolute Gasteiger partial charge is 0.370 e. The van der Waals surface area contributed by atoms with Crippen molar-refractivity contribution in [2.45, 2.75) is 19.4 Å². The van der Waals surface area contributed by atoms with Gasteiger partial charge in [0.1, 0.15) is 0 Å². The summed E-state index contributed by atoms with van der Waals surface area (Å²) in [7, 11) is 0. The lowest BCUT2D eigenvalue weighted by atomic mass is 10.1. The molecule has 0 radical (unpaired) electrons. The fourth-order valence-electron chi connectivity index (χ4n) is 4.35. The van der Waals surface area contributed by atoms with Crippen LogP contribution in [-0.2, 0) is 6.54 Å². The van der Waals surface area contributed by atoms with E-state index < -0.39 is 0 Å². The summed E-state index contributed by atoms with van der Waals surface area (Å²) < 4.78 is 0. The number of carbonyl (C=O) groups excluding carboxylic acids is 3. The van der Waals surface area contributed by atoms with Crippen molar-refractivity contribution in [2.24, 2.45) is 0 Å². The zero-order valence-electron chi connectivity index (χ0n) is 17.6. The van der Waals surface area contributed by atoms with Crippen LogP contribution in [0.25, 0.3) is 0 Å². The van der Waals surface area contributed by atoms with E-state index in [4.69, 9.17) is 0 Å². The molecule has 2 aliphatic rings. The van der Waals surface area contributed by atoms with Gasteiger partial charge in [0.05, 0.1) is 29.0 Å². The Morgan fingerprint density at radius 3 is 2.28 bits per heavy atom. The molecule has 3 aromatic carbocycles. The molecule has 6 nitrogen and oxygen atoms in total. The Bertz CT molecular complexity index is 1200. The summed E-state index contributed by atoms with van der Waals surface area (Å²) in [5.41, 5.74) is 3.57. The smallest absolute Gasteiger partial charge is 0.261 e. The van der Waals surface area contributed by atoms with Crippen LogP contribution < -0.4 is 10.2 Å². The molecule has 2 aliphatic heterocycles. The van der Waals surface area contributed by atoms with Crippen molar-refractivity contribution < 1.29 is 14.4 Å². The SMILES string of the molecule is O=C(Nc1ccccc1N1CCCC1)c1ccc2c(c1)C(=O)N(Cc1ccccc1)C2=O. The van der Waals surface area contributed by atoms with Crippen LogP contribution in [0.2, 0.25) is 0 Å². The van der Waals surface area contributed by atoms with Crippen LogP contribution in [-0.4, -0.2) is 35.7 Å². The van der Waals surface area contributed by atoms with Crippen molar-refractivity contribution >= 4 is 29.1 Å². The first-order valence-corrected chi connectivity index (χ1v) is 10.8. The molecular weight excluding hydrogens is 402 g/mol. The number of benzene rings is 3. The predicted molar refractivity (Wildman–Crippen MR) is 123 cm³/mol. The molecule has 2 heterocycles. The summed E-state index contributed by atoms with van der Waals surface area (Å²) in [4.78, 5) is 42.2. The molecule has 0 atom stereocenters. The van der Waals surface area contributed by atoms with Crippen molar-refractivity contribution in [2.75, 3.05) is 23.3 Å². The van der Waals surface area contributed by atoms with Crippen molar-refractivity contribution in [3.63, 3.8) is 0 Å². The van der Waals surface area contributed by atoms with E-state index in [9.17, 15) is 14.4 Å². The van der Waals surface area contributed by atoms with Gasteiger partial charge in [-0.2, -0.15) is 0 Å². The maximum Gasteiger partial charge on any atom is 0.261 e. The molecule has 0 spiro atoms. The Labute approximate surface area is 186 Å². The van der Waals surface area contributed by atoms with Gasteiger partial charge in [-0.05, 0) is 48.7 Å². The standard InChI is InChI=1S/C26H23N3O3/c30-24(27-22-10-4-5-11-23(22)28-14-6-7-15-28)19-12-13-20-21(16-19)26(32)29(25(20)31)17-18-8-2-1-3-9-18/h1-5,8-13,16H,6-7,14-15,17H2,(H,27,30). The van der Waals surface area contributed by atoms with Gasteiger partial charge in [-0.1, -0.05) is 42.5 Å². The molecule has 1 saturated heterocycles. The normalized spacial score (nSPS) is 15.2. The number of para-hydroxylation sites is 2. The van der Waals surface area contributed by atoms with Gasteiger partial charge in [-0.25, -0.2) is 0 Å². The first-order valence-electron chi connectivity index (χ1n) is 10.8. The van der Waals surface area contributed by atoms with Crippen LogP contribution in [0.5, 0.6) is 0 Å². The van der Waals surface area contributed by atoms with Crippen LogP contribution in [0, 0.1) is 0 Å². The van der Waals surface area contributed by atoms with Gasteiger partial charge >= 0.3 is 0 Å². The molecule has 0 saturated carbocycles. The van der Waals surface area contributed by atoms with Crippen LogP contribution in [0.15, 0.2) is 72.8 Å². The number of imide groups is 1. The van der Waals surface area contributed by atoms with Crippen molar-refractivity contribution in [1.29, 1.82) is 0 Å². The molecule has 6 heteroatoms.